The lowest BCUT2D eigenvalue weighted by Crippen LogP contribution is -2.06. The van der Waals surface area contributed by atoms with Crippen LogP contribution in [0.15, 0.2) is 84.1 Å². The lowest BCUT2D eigenvalue weighted by Gasteiger charge is -2.10. The van der Waals surface area contributed by atoms with E-state index < -0.39 is 0 Å². The van der Waals surface area contributed by atoms with E-state index in [0.717, 1.165) is 5.56 Å². The van der Waals surface area contributed by atoms with Gasteiger partial charge >= 0.3 is 0 Å². The Morgan fingerprint density at radius 3 is 2.29 bits per heavy atom. The average molecular weight is 473 g/mol. The van der Waals surface area contributed by atoms with Crippen molar-refractivity contribution >= 4 is 17.9 Å². The first kappa shape index (κ1) is 25.2. The Morgan fingerprint density at radius 1 is 0.886 bits per heavy atom. The fourth-order valence-electron chi connectivity index (χ4n) is 3.57. The van der Waals surface area contributed by atoms with Gasteiger partial charge in [-0.2, -0.15) is 0 Å². The number of hydrogen-bond donors (Lipinski definition) is 3. The molecule has 3 N–H and O–H groups in total. The summed E-state index contributed by atoms with van der Waals surface area (Å²) in [6, 6.07) is 17.4. The molecule has 0 aliphatic rings. The number of carbonyl (C=O) groups is 1. The summed E-state index contributed by atoms with van der Waals surface area (Å²) < 4.78 is 10.4. The standard InChI is InChI=1S/C29H28O6/c1-19-22(12-16-27(33)29(19)35-3)11-15-25(31)23(17-20-7-5-4-6-8-20)24(30)13-9-21-10-14-26(32)28(18-21)34-2/h4-16,18,30,32-33H,17H2,1-3H3/b13-9+,15-11+,24-23-. The second-order valence-corrected chi connectivity index (χ2v) is 7.82. The number of hydrogen-bond acceptors (Lipinski definition) is 6. The third-order valence-electron chi connectivity index (χ3n) is 5.51. The van der Waals surface area contributed by atoms with Gasteiger partial charge in [-0.1, -0.05) is 54.6 Å². The van der Waals surface area contributed by atoms with Gasteiger partial charge in [0.05, 0.1) is 14.2 Å². The number of phenols is 2. The highest BCUT2D eigenvalue weighted by Gasteiger charge is 2.14. The SMILES string of the molecule is COc1cc(/C=C/C(O)=C(\Cc2ccccc2)C(=O)/C=C/c2ccc(O)c(OC)c2C)ccc1O. The summed E-state index contributed by atoms with van der Waals surface area (Å²) in [4.78, 5) is 13.2. The topological polar surface area (TPSA) is 96.2 Å². The van der Waals surface area contributed by atoms with Crippen molar-refractivity contribution in [2.24, 2.45) is 0 Å². The van der Waals surface area contributed by atoms with Gasteiger partial charge in [0.25, 0.3) is 0 Å². The number of ketones is 1. The number of aliphatic hydroxyl groups is 1. The minimum Gasteiger partial charge on any atom is -0.508 e. The second-order valence-electron chi connectivity index (χ2n) is 7.82. The minimum atomic E-state index is -0.356. The molecule has 0 aliphatic carbocycles. The van der Waals surface area contributed by atoms with Crippen LogP contribution in [0.3, 0.4) is 0 Å². The van der Waals surface area contributed by atoms with Gasteiger partial charge in [0.15, 0.2) is 28.8 Å². The summed E-state index contributed by atoms with van der Waals surface area (Å²) in [6.45, 7) is 1.79. The molecule has 0 saturated carbocycles. The average Bonchev–Trinajstić information content (AvgIpc) is 2.87. The Labute approximate surface area is 204 Å². The monoisotopic (exact) mass is 472 g/mol. The number of phenolic OH excluding ortho intramolecular Hbond substituents is 2. The van der Waals surface area contributed by atoms with Gasteiger partial charge < -0.3 is 24.8 Å². The number of aromatic hydroxyl groups is 2. The molecule has 0 aliphatic heterocycles. The zero-order valence-corrected chi connectivity index (χ0v) is 19.9. The number of carbonyl (C=O) groups excluding carboxylic acids is 1. The van der Waals surface area contributed by atoms with Crippen LogP contribution in [-0.2, 0) is 11.2 Å². The van der Waals surface area contributed by atoms with Crippen molar-refractivity contribution in [2.75, 3.05) is 14.2 Å². The molecule has 0 amide bonds. The Bertz CT molecular complexity index is 1290. The fourth-order valence-corrected chi connectivity index (χ4v) is 3.57. The minimum absolute atomic E-state index is 0.00986. The summed E-state index contributed by atoms with van der Waals surface area (Å²) in [5, 5.41) is 30.6. The van der Waals surface area contributed by atoms with Crippen molar-refractivity contribution in [1.29, 1.82) is 0 Å². The van der Waals surface area contributed by atoms with E-state index in [1.165, 1.54) is 38.5 Å². The molecule has 0 radical (unpaired) electrons. The zero-order chi connectivity index (χ0) is 25.4. The van der Waals surface area contributed by atoms with Crippen LogP contribution in [0.1, 0.15) is 22.3 Å². The number of allylic oxidation sites excluding steroid dienone is 3. The Hall–Kier alpha value is -4.45. The van der Waals surface area contributed by atoms with E-state index in [9.17, 15) is 20.1 Å². The zero-order valence-electron chi connectivity index (χ0n) is 19.9. The highest BCUT2D eigenvalue weighted by Crippen LogP contribution is 2.32. The highest BCUT2D eigenvalue weighted by molar-refractivity contribution is 6.07. The molecule has 180 valence electrons. The molecule has 3 aromatic rings. The van der Waals surface area contributed by atoms with Gasteiger partial charge in [0.2, 0.25) is 0 Å². The van der Waals surface area contributed by atoms with Crippen molar-refractivity contribution in [3.05, 3.63) is 106 Å². The van der Waals surface area contributed by atoms with Gasteiger partial charge in [-0.15, -0.1) is 0 Å². The summed E-state index contributed by atoms with van der Waals surface area (Å²) in [6.07, 6.45) is 6.34. The molecular formula is C29H28O6. The van der Waals surface area contributed by atoms with E-state index in [2.05, 4.69) is 0 Å². The predicted molar refractivity (Wildman–Crippen MR) is 137 cm³/mol. The third-order valence-corrected chi connectivity index (χ3v) is 5.51. The molecule has 6 heteroatoms. The van der Waals surface area contributed by atoms with E-state index in [-0.39, 0.29) is 35.0 Å². The first-order valence-electron chi connectivity index (χ1n) is 10.9. The molecule has 0 spiro atoms. The molecule has 6 nitrogen and oxygen atoms in total. The predicted octanol–water partition coefficient (Wildman–Crippen LogP) is 5.77. The fraction of sp³-hybridized carbons (Fsp3) is 0.138. The normalized spacial score (nSPS) is 12.1. The maximum absolute atomic E-state index is 13.2. The number of benzene rings is 3. The van der Waals surface area contributed by atoms with E-state index in [0.29, 0.717) is 28.2 Å². The van der Waals surface area contributed by atoms with Crippen LogP contribution in [0.2, 0.25) is 0 Å². The smallest absolute Gasteiger partial charge is 0.185 e. The summed E-state index contributed by atoms with van der Waals surface area (Å²) in [5.74, 6) is 0.150. The summed E-state index contributed by atoms with van der Waals surface area (Å²) in [5.41, 5.74) is 3.17. The largest absolute Gasteiger partial charge is 0.508 e. The van der Waals surface area contributed by atoms with Crippen molar-refractivity contribution in [3.63, 3.8) is 0 Å². The van der Waals surface area contributed by atoms with Crippen LogP contribution in [0.4, 0.5) is 0 Å². The van der Waals surface area contributed by atoms with Crippen molar-refractivity contribution in [1.82, 2.24) is 0 Å². The van der Waals surface area contributed by atoms with Gasteiger partial charge in [-0.3, -0.25) is 4.79 Å². The maximum Gasteiger partial charge on any atom is 0.185 e. The van der Waals surface area contributed by atoms with Crippen LogP contribution >= 0.6 is 0 Å². The lowest BCUT2D eigenvalue weighted by molar-refractivity contribution is -0.111. The lowest BCUT2D eigenvalue weighted by atomic mass is 9.98. The third kappa shape index (κ3) is 6.32. The maximum atomic E-state index is 13.2. The molecule has 3 rings (SSSR count). The van der Waals surface area contributed by atoms with Gasteiger partial charge in [0, 0.05) is 17.6 Å². The number of ether oxygens (including phenoxy) is 2. The van der Waals surface area contributed by atoms with Crippen molar-refractivity contribution < 1.29 is 29.6 Å². The van der Waals surface area contributed by atoms with E-state index in [1.807, 2.05) is 30.3 Å². The number of methoxy groups -OCH3 is 2. The molecule has 3 aromatic carbocycles. The molecule has 35 heavy (non-hydrogen) atoms. The Kier molecular flexibility index (Phi) is 8.35. The van der Waals surface area contributed by atoms with Crippen LogP contribution in [0.25, 0.3) is 12.2 Å². The Morgan fingerprint density at radius 2 is 1.60 bits per heavy atom. The molecule has 0 unspecified atom stereocenters. The second kappa shape index (κ2) is 11.6. The van der Waals surface area contributed by atoms with Crippen molar-refractivity contribution in [2.45, 2.75) is 13.3 Å². The molecule has 0 aromatic heterocycles. The molecule has 0 fully saturated rings. The van der Waals surface area contributed by atoms with Crippen LogP contribution < -0.4 is 9.47 Å². The molecule has 0 atom stereocenters. The molecule has 0 bridgehead atoms. The first-order chi connectivity index (χ1) is 16.8. The molecular weight excluding hydrogens is 444 g/mol. The van der Waals surface area contributed by atoms with E-state index in [4.69, 9.17) is 9.47 Å². The summed E-state index contributed by atoms with van der Waals surface area (Å²) >= 11 is 0. The Balaban J connectivity index is 1.95. The van der Waals surface area contributed by atoms with E-state index >= 15 is 0 Å². The number of rotatable bonds is 9. The quantitative estimate of drug-likeness (QED) is 0.208. The highest BCUT2D eigenvalue weighted by atomic mass is 16.5. The van der Waals surface area contributed by atoms with Crippen LogP contribution in [0.5, 0.6) is 23.0 Å². The summed E-state index contributed by atoms with van der Waals surface area (Å²) in [7, 11) is 2.92. The molecule has 0 saturated heterocycles. The first-order valence-corrected chi connectivity index (χ1v) is 10.9. The number of aliphatic hydroxyl groups excluding tert-OH is 1. The van der Waals surface area contributed by atoms with Crippen molar-refractivity contribution in [3.8, 4) is 23.0 Å². The van der Waals surface area contributed by atoms with Gasteiger partial charge in [-0.25, -0.2) is 0 Å². The molecule has 0 heterocycles. The van der Waals surface area contributed by atoms with Crippen LogP contribution in [0, 0.1) is 6.92 Å². The van der Waals surface area contributed by atoms with E-state index in [1.54, 1.807) is 37.3 Å². The van der Waals surface area contributed by atoms with Crippen LogP contribution in [-0.4, -0.2) is 35.3 Å². The van der Waals surface area contributed by atoms with Gasteiger partial charge in [-0.05, 0) is 54.0 Å². The van der Waals surface area contributed by atoms with Gasteiger partial charge in [0.1, 0.15) is 5.76 Å².